The largest absolute Gasteiger partial charge is 0.395 e. The van der Waals surface area contributed by atoms with Gasteiger partial charge in [0.15, 0.2) is 5.65 Å². The van der Waals surface area contributed by atoms with Crippen LogP contribution >= 0.6 is 11.3 Å². The molecule has 7 heteroatoms. The maximum Gasteiger partial charge on any atom is 0.255 e. The number of rotatable bonds is 6. The first-order chi connectivity index (χ1) is 12.2. The number of hydrogen-bond acceptors (Lipinski definition) is 5. The van der Waals surface area contributed by atoms with Crippen molar-refractivity contribution in [3.8, 4) is 0 Å². The molecule has 1 saturated carbocycles. The van der Waals surface area contributed by atoms with Crippen LogP contribution < -0.4 is 0 Å². The Morgan fingerprint density at radius 3 is 2.92 bits per heavy atom. The topological polar surface area (TPSA) is 71.2 Å². The summed E-state index contributed by atoms with van der Waals surface area (Å²) in [7, 11) is 0. The Bertz CT molecular complexity index is 913. The second kappa shape index (κ2) is 6.57. The predicted molar refractivity (Wildman–Crippen MR) is 96.7 cm³/mol. The summed E-state index contributed by atoms with van der Waals surface area (Å²) < 4.78 is 2.09. The highest BCUT2D eigenvalue weighted by molar-refractivity contribution is 7.11. The molecule has 3 aromatic rings. The van der Waals surface area contributed by atoms with Crippen molar-refractivity contribution in [3.05, 3.63) is 46.0 Å². The summed E-state index contributed by atoms with van der Waals surface area (Å²) in [5, 5.41) is 9.34. The van der Waals surface area contributed by atoms with E-state index in [2.05, 4.69) is 14.5 Å². The number of fused-ring (bicyclic) bond motifs is 1. The van der Waals surface area contributed by atoms with Crippen LogP contribution in [0.2, 0.25) is 0 Å². The molecule has 0 aromatic carbocycles. The van der Waals surface area contributed by atoms with E-state index in [1.165, 1.54) is 17.7 Å². The van der Waals surface area contributed by atoms with Gasteiger partial charge in [0.05, 0.1) is 25.0 Å². The van der Waals surface area contributed by atoms with Gasteiger partial charge in [-0.15, -0.1) is 11.3 Å². The Labute approximate surface area is 149 Å². The zero-order chi connectivity index (χ0) is 17.4. The fourth-order valence-corrected chi connectivity index (χ4v) is 3.88. The minimum atomic E-state index is -0.129. The summed E-state index contributed by atoms with van der Waals surface area (Å²) in [6.07, 6.45) is 5.76. The van der Waals surface area contributed by atoms with Gasteiger partial charge < -0.3 is 14.6 Å². The molecule has 3 heterocycles. The molecule has 25 heavy (non-hydrogen) atoms. The summed E-state index contributed by atoms with van der Waals surface area (Å²) in [5.74, 6) is -0.129. The molecule has 6 nitrogen and oxygen atoms in total. The lowest BCUT2D eigenvalue weighted by molar-refractivity contribution is 0.0709. The molecule has 1 aliphatic carbocycles. The summed E-state index contributed by atoms with van der Waals surface area (Å²) in [6, 6.07) is 6.37. The van der Waals surface area contributed by atoms with Gasteiger partial charge in [0.1, 0.15) is 5.52 Å². The van der Waals surface area contributed by atoms with Crippen molar-refractivity contribution in [1.82, 2.24) is 19.4 Å². The van der Waals surface area contributed by atoms with Gasteiger partial charge in [-0.25, -0.2) is 9.97 Å². The van der Waals surface area contributed by atoms with Gasteiger partial charge in [-0.2, -0.15) is 0 Å². The summed E-state index contributed by atoms with van der Waals surface area (Å²) in [6.45, 7) is 2.76. The van der Waals surface area contributed by atoms with Gasteiger partial charge in [0.25, 0.3) is 5.91 Å². The van der Waals surface area contributed by atoms with Gasteiger partial charge in [0, 0.05) is 28.5 Å². The molecule has 0 radical (unpaired) electrons. The van der Waals surface area contributed by atoms with Crippen LogP contribution in [0.5, 0.6) is 0 Å². The molecule has 1 fully saturated rings. The Hall–Kier alpha value is -2.25. The molecule has 0 atom stereocenters. The molecule has 4 rings (SSSR count). The summed E-state index contributed by atoms with van der Waals surface area (Å²) in [4.78, 5) is 25.7. The van der Waals surface area contributed by atoms with E-state index in [0.29, 0.717) is 24.7 Å². The monoisotopic (exact) mass is 356 g/mol. The average molecular weight is 356 g/mol. The molecule has 0 unspecified atom stereocenters. The van der Waals surface area contributed by atoms with E-state index < -0.39 is 0 Å². The molecule has 1 aliphatic rings. The van der Waals surface area contributed by atoms with E-state index in [4.69, 9.17) is 0 Å². The number of hydrogen-bond donors (Lipinski definition) is 1. The van der Waals surface area contributed by atoms with Crippen LogP contribution in [0, 0.1) is 6.92 Å². The van der Waals surface area contributed by atoms with Gasteiger partial charge in [-0.1, -0.05) is 0 Å². The highest BCUT2D eigenvalue weighted by atomic mass is 32.1. The molecular formula is C18H20N4O2S. The first-order valence-corrected chi connectivity index (χ1v) is 9.25. The van der Waals surface area contributed by atoms with Crippen LogP contribution in [-0.2, 0) is 6.54 Å². The quantitative estimate of drug-likeness (QED) is 0.737. The Morgan fingerprint density at radius 1 is 1.40 bits per heavy atom. The molecule has 130 valence electrons. The highest BCUT2D eigenvalue weighted by Gasteiger charge is 2.26. The smallest absolute Gasteiger partial charge is 0.255 e. The van der Waals surface area contributed by atoms with E-state index in [-0.39, 0.29) is 12.5 Å². The first-order valence-electron chi connectivity index (χ1n) is 8.44. The van der Waals surface area contributed by atoms with Crippen molar-refractivity contribution >= 4 is 28.4 Å². The van der Waals surface area contributed by atoms with E-state index >= 15 is 0 Å². The first kappa shape index (κ1) is 16.2. The number of aliphatic hydroxyl groups excluding tert-OH is 1. The van der Waals surface area contributed by atoms with Crippen LogP contribution in [0.4, 0.5) is 0 Å². The lowest BCUT2D eigenvalue weighted by atomic mass is 10.2. The zero-order valence-corrected chi connectivity index (χ0v) is 14.9. The lowest BCUT2D eigenvalue weighted by Gasteiger charge is -2.21. The highest BCUT2D eigenvalue weighted by Crippen LogP contribution is 2.36. The second-order valence-electron chi connectivity index (χ2n) is 6.41. The normalized spacial score (nSPS) is 14.2. The maximum absolute atomic E-state index is 12.9. The third kappa shape index (κ3) is 3.29. The van der Waals surface area contributed by atoms with Crippen molar-refractivity contribution in [2.24, 2.45) is 0 Å². The number of aryl methyl sites for hydroxylation is 1. The Morgan fingerprint density at radius 2 is 2.24 bits per heavy atom. The van der Waals surface area contributed by atoms with Gasteiger partial charge >= 0.3 is 0 Å². The second-order valence-corrected chi connectivity index (χ2v) is 7.78. The fourth-order valence-electron chi connectivity index (χ4n) is 2.97. The maximum atomic E-state index is 12.9. The summed E-state index contributed by atoms with van der Waals surface area (Å²) in [5.41, 5.74) is 2.09. The zero-order valence-electron chi connectivity index (χ0n) is 14.1. The van der Waals surface area contributed by atoms with Crippen molar-refractivity contribution < 1.29 is 9.90 Å². The molecule has 1 amide bonds. The van der Waals surface area contributed by atoms with Crippen LogP contribution in [0.15, 0.2) is 30.7 Å². The SMILES string of the molecule is Cc1ccc(CN(CCO)C(=O)c2cnc3c(c2)ncn3C2CC2)s1. The standard InChI is InChI=1S/C18H20N4O2S/c1-12-2-5-15(25-12)10-21(6-7-23)18(24)13-8-16-17(19-9-13)22(11-20-16)14-3-4-14/h2,5,8-9,11,14,23H,3-4,6-7,10H2,1H3. The number of aliphatic hydroxyl groups is 1. The third-order valence-corrected chi connectivity index (χ3v) is 5.39. The average Bonchev–Trinajstić information content (AvgIpc) is 3.24. The van der Waals surface area contributed by atoms with Crippen LogP contribution in [-0.4, -0.2) is 43.6 Å². The number of aromatic nitrogens is 3. The van der Waals surface area contributed by atoms with E-state index in [0.717, 1.165) is 16.0 Å². The number of thiophene rings is 1. The van der Waals surface area contributed by atoms with Crippen molar-refractivity contribution in [3.63, 3.8) is 0 Å². The van der Waals surface area contributed by atoms with Crippen molar-refractivity contribution in [1.29, 1.82) is 0 Å². The van der Waals surface area contributed by atoms with Gasteiger partial charge in [-0.3, -0.25) is 4.79 Å². The van der Waals surface area contributed by atoms with Crippen LogP contribution in [0.25, 0.3) is 11.2 Å². The minimum Gasteiger partial charge on any atom is -0.395 e. The molecule has 0 bridgehead atoms. The predicted octanol–water partition coefficient (Wildman–Crippen LogP) is 2.77. The Balaban J connectivity index is 1.59. The van der Waals surface area contributed by atoms with E-state index in [1.54, 1.807) is 28.5 Å². The molecule has 0 spiro atoms. The molecular weight excluding hydrogens is 336 g/mol. The molecule has 1 N–H and O–H groups in total. The number of nitrogens with zero attached hydrogens (tertiary/aromatic N) is 4. The van der Waals surface area contributed by atoms with Gasteiger partial charge in [0.2, 0.25) is 0 Å². The molecule has 0 aliphatic heterocycles. The lowest BCUT2D eigenvalue weighted by Crippen LogP contribution is -2.32. The molecule has 3 aromatic heterocycles. The minimum absolute atomic E-state index is 0.0674. The third-order valence-electron chi connectivity index (χ3n) is 4.40. The Kier molecular flexibility index (Phi) is 4.27. The summed E-state index contributed by atoms with van der Waals surface area (Å²) >= 11 is 1.66. The number of carbonyl (C=O) groups excluding carboxylic acids is 1. The number of imidazole rings is 1. The van der Waals surface area contributed by atoms with Crippen molar-refractivity contribution in [2.75, 3.05) is 13.2 Å². The van der Waals surface area contributed by atoms with E-state index in [1.807, 2.05) is 25.4 Å². The number of pyridine rings is 1. The molecule has 0 saturated heterocycles. The number of carbonyl (C=O) groups is 1. The van der Waals surface area contributed by atoms with E-state index in [9.17, 15) is 9.90 Å². The van der Waals surface area contributed by atoms with Crippen LogP contribution in [0.3, 0.4) is 0 Å². The fraction of sp³-hybridized carbons (Fsp3) is 0.389. The number of amides is 1. The van der Waals surface area contributed by atoms with Crippen molar-refractivity contribution in [2.45, 2.75) is 32.4 Å². The van der Waals surface area contributed by atoms with Crippen LogP contribution in [0.1, 0.15) is 39.0 Å². The van der Waals surface area contributed by atoms with Gasteiger partial charge in [-0.05, 0) is 38.0 Å².